The minimum absolute atomic E-state index is 0.139. The Bertz CT molecular complexity index is 797. The van der Waals surface area contributed by atoms with Crippen LogP contribution in [-0.4, -0.2) is 39.1 Å². The zero-order valence-electron chi connectivity index (χ0n) is 12.3. The molecule has 1 fully saturated rings. The summed E-state index contributed by atoms with van der Waals surface area (Å²) < 4.78 is 0. The number of nitrogens with zero attached hydrogens (tertiary/aromatic N) is 2. The van der Waals surface area contributed by atoms with E-state index in [0.717, 1.165) is 53.8 Å². The molecule has 1 aliphatic rings. The van der Waals surface area contributed by atoms with Gasteiger partial charge in [-0.25, -0.2) is 0 Å². The molecule has 1 aromatic carbocycles. The molecule has 3 aromatic rings. The fourth-order valence-corrected chi connectivity index (χ4v) is 3.16. The van der Waals surface area contributed by atoms with Gasteiger partial charge in [0.25, 0.3) is 5.91 Å². The van der Waals surface area contributed by atoms with E-state index in [1.165, 1.54) is 6.42 Å². The molecule has 0 saturated carbocycles. The number of likely N-dealkylation sites (tertiary alicyclic amines) is 1. The van der Waals surface area contributed by atoms with Gasteiger partial charge in [-0.3, -0.25) is 9.89 Å². The van der Waals surface area contributed by atoms with Crippen LogP contribution in [0, 0.1) is 0 Å². The second kappa shape index (κ2) is 5.33. The van der Waals surface area contributed by atoms with Gasteiger partial charge in [0.15, 0.2) is 0 Å². The first-order valence-electron chi connectivity index (χ1n) is 7.74. The minimum Gasteiger partial charge on any atom is -0.353 e. The second-order valence-corrected chi connectivity index (χ2v) is 5.77. The van der Waals surface area contributed by atoms with Crippen molar-refractivity contribution in [2.45, 2.75) is 19.3 Å². The topological polar surface area (TPSA) is 64.8 Å². The Morgan fingerprint density at radius 3 is 2.73 bits per heavy atom. The van der Waals surface area contributed by atoms with Crippen molar-refractivity contribution >= 4 is 16.8 Å². The standard InChI is InChI=1S/C17H18N4O/c22-17(21-9-2-1-3-10-21)12-5-4-6-14-13(12)11-16(19-14)15-7-8-18-20-15/h4-8,11,19H,1-3,9-10H2,(H,18,20). The number of benzene rings is 1. The molecular weight excluding hydrogens is 276 g/mol. The molecule has 3 heterocycles. The zero-order valence-corrected chi connectivity index (χ0v) is 12.3. The van der Waals surface area contributed by atoms with Gasteiger partial charge in [-0.2, -0.15) is 5.10 Å². The number of nitrogens with one attached hydrogen (secondary N) is 2. The number of hydrogen-bond donors (Lipinski definition) is 2. The lowest BCUT2D eigenvalue weighted by Crippen LogP contribution is -2.35. The van der Waals surface area contributed by atoms with Crippen molar-refractivity contribution < 1.29 is 4.79 Å². The van der Waals surface area contributed by atoms with Crippen LogP contribution in [0.25, 0.3) is 22.3 Å². The van der Waals surface area contributed by atoms with Gasteiger partial charge >= 0.3 is 0 Å². The summed E-state index contributed by atoms with van der Waals surface area (Å²) in [4.78, 5) is 18.1. The molecule has 0 bridgehead atoms. The summed E-state index contributed by atoms with van der Waals surface area (Å²) in [5.74, 6) is 0.139. The van der Waals surface area contributed by atoms with Crippen LogP contribution in [0.2, 0.25) is 0 Å². The van der Waals surface area contributed by atoms with Crippen LogP contribution in [0.5, 0.6) is 0 Å². The molecule has 112 valence electrons. The number of amides is 1. The second-order valence-electron chi connectivity index (χ2n) is 5.77. The molecular formula is C17H18N4O. The number of piperidine rings is 1. The number of carbonyl (C=O) groups excluding carboxylic acids is 1. The predicted octanol–water partition coefficient (Wildman–Crippen LogP) is 3.18. The third-order valence-corrected chi connectivity index (χ3v) is 4.33. The molecule has 0 atom stereocenters. The quantitative estimate of drug-likeness (QED) is 0.762. The number of aromatic amines is 2. The van der Waals surface area contributed by atoms with E-state index in [0.29, 0.717) is 0 Å². The van der Waals surface area contributed by atoms with Gasteiger partial charge in [0.05, 0.1) is 11.4 Å². The van der Waals surface area contributed by atoms with Crippen molar-refractivity contribution in [2.24, 2.45) is 0 Å². The fourth-order valence-electron chi connectivity index (χ4n) is 3.16. The maximum atomic E-state index is 12.8. The van der Waals surface area contributed by atoms with E-state index in [2.05, 4.69) is 15.2 Å². The van der Waals surface area contributed by atoms with E-state index < -0.39 is 0 Å². The molecule has 5 heteroatoms. The summed E-state index contributed by atoms with van der Waals surface area (Å²) in [7, 11) is 0. The smallest absolute Gasteiger partial charge is 0.254 e. The molecule has 0 unspecified atom stereocenters. The van der Waals surface area contributed by atoms with Crippen molar-refractivity contribution in [1.29, 1.82) is 0 Å². The summed E-state index contributed by atoms with van der Waals surface area (Å²) in [6, 6.07) is 9.80. The zero-order chi connectivity index (χ0) is 14.9. The lowest BCUT2D eigenvalue weighted by atomic mass is 10.1. The summed E-state index contributed by atoms with van der Waals surface area (Å²) in [5.41, 5.74) is 3.63. The minimum atomic E-state index is 0.139. The molecule has 5 nitrogen and oxygen atoms in total. The Morgan fingerprint density at radius 1 is 1.09 bits per heavy atom. The first-order valence-corrected chi connectivity index (χ1v) is 7.74. The van der Waals surface area contributed by atoms with Gasteiger partial charge in [-0.15, -0.1) is 0 Å². The molecule has 0 spiro atoms. The monoisotopic (exact) mass is 294 g/mol. The van der Waals surface area contributed by atoms with Crippen LogP contribution in [0.1, 0.15) is 29.6 Å². The highest BCUT2D eigenvalue weighted by molar-refractivity contribution is 6.07. The average Bonchev–Trinajstić information content (AvgIpc) is 3.23. The van der Waals surface area contributed by atoms with E-state index in [9.17, 15) is 4.79 Å². The SMILES string of the molecule is O=C(c1cccc2[nH]c(-c3ccn[nH]3)cc12)N1CCCCC1. The van der Waals surface area contributed by atoms with Gasteiger partial charge in [-0.05, 0) is 43.5 Å². The third-order valence-electron chi connectivity index (χ3n) is 4.33. The highest BCUT2D eigenvalue weighted by atomic mass is 16.2. The Hall–Kier alpha value is -2.56. The van der Waals surface area contributed by atoms with E-state index in [1.54, 1.807) is 6.20 Å². The van der Waals surface area contributed by atoms with Crippen LogP contribution in [0.3, 0.4) is 0 Å². The van der Waals surface area contributed by atoms with Gasteiger partial charge < -0.3 is 9.88 Å². The Kier molecular flexibility index (Phi) is 3.18. The normalized spacial score (nSPS) is 15.4. The Morgan fingerprint density at radius 2 is 1.95 bits per heavy atom. The molecule has 2 aromatic heterocycles. The highest BCUT2D eigenvalue weighted by Gasteiger charge is 2.20. The molecule has 2 N–H and O–H groups in total. The lowest BCUT2D eigenvalue weighted by Gasteiger charge is -2.26. The van der Waals surface area contributed by atoms with Gasteiger partial charge in [0, 0.05) is 35.8 Å². The summed E-state index contributed by atoms with van der Waals surface area (Å²) in [6.07, 6.45) is 5.16. The van der Waals surface area contributed by atoms with E-state index >= 15 is 0 Å². The average molecular weight is 294 g/mol. The molecule has 1 saturated heterocycles. The molecule has 22 heavy (non-hydrogen) atoms. The fraction of sp³-hybridized carbons (Fsp3) is 0.294. The molecule has 1 aliphatic heterocycles. The number of hydrogen-bond acceptors (Lipinski definition) is 2. The van der Waals surface area contributed by atoms with Crippen LogP contribution in [0.4, 0.5) is 0 Å². The van der Waals surface area contributed by atoms with Crippen molar-refractivity contribution in [3.8, 4) is 11.4 Å². The Balaban J connectivity index is 1.76. The van der Waals surface area contributed by atoms with E-state index in [4.69, 9.17) is 0 Å². The van der Waals surface area contributed by atoms with Gasteiger partial charge in [-0.1, -0.05) is 6.07 Å². The van der Waals surface area contributed by atoms with Crippen molar-refractivity contribution in [2.75, 3.05) is 13.1 Å². The first kappa shape index (κ1) is 13.1. The lowest BCUT2D eigenvalue weighted by molar-refractivity contribution is 0.0726. The Labute approximate surface area is 128 Å². The molecule has 4 rings (SSSR count). The third kappa shape index (κ3) is 2.19. The highest BCUT2D eigenvalue weighted by Crippen LogP contribution is 2.26. The van der Waals surface area contributed by atoms with Crippen LogP contribution < -0.4 is 0 Å². The van der Waals surface area contributed by atoms with Crippen molar-refractivity contribution in [3.05, 3.63) is 42.1 Å². The number of aromatic nitrogens is 3. The van der Waals surface area contributed by atoms with E-state index in [-0.39, 0.29) is 5.91 Å². The summed E-state index contributed by atoms with van der Waals surface area (Å²) >= 11 is 0. The number of H-pyrrole nitrogens is 2. The summed E-state index contributed by atoms with van der Waals surface area (Å²) in [5, 5.41) is 7.90. The van der Waals surface area contributed by atoms with E-state index in [1.807, 2.05) is 35.2 Å². The largest absolute Gasteiger partial charge is 0.353 e. The van der Waals surface area contributed by atoms with Crippen LogP contribution in [0.15, 0.2) is 36.5 Å². The van der Waals surface area contributed by atoms with Gasteiger partial charge in [0.2, 0.25) is 0 Å². The summed E-state index contributed by atoms with van der Waals surface area (Å²) in [6.45, 7) is 1.74. The van der Waals surface area contributed by atoms with Gasteiger partial charge in [0.1, 0.15) is 0 Å². The maximum absolute atomic E-state index is 12.8. The maximum Gasteiger partial charge on any atom is 0.254 e. The molecule has 0 aliphatic carbocycles. The molecule has 0 radical (unpaired) electrons. The van der Waals surface area contributed by atoms with Crippen molar-refractivity contribution in [3.63, 3.8) is 0 Å². The van der Waals surface area contributed by atoms with Crippen molar-refractivity contribution in [1.82, 2.24) is 20.1 Å². The number of carbonyl (C=O) groups is 1. The predicted molar refractivity (Wildman–Crippen MR) is 85.6 cm³/mol. The molecule has 1 amide bonds. The number of rotatable bonds is 2. The van der Waals surface area contributed by atoms with Crippen LogP contribution in [-0.2, 0) is 0 Å². The first-order chi connectivity index (χ1) is 10.8. The number of fused-ring (bicyclic) bond motifs is 1. The van der Waals surface area contributed by atoms with Crippen LogP contribution >= 0.6 is 0 Å².